The zero-order chi connectivity index (χ0) is 9.26. The Hall–Kier alpha value is -1.97. The van der Waals surface area contributed by atoms with Crippen molar-refractivity contribution < 1.29 is 14.3 Å². The Bertz CT molecular complexity index is 384. The predicted octanol–water partition coefficient (Wildman–Crippen LogP) is 0.785. The van der Waals surface area contributed by atoms with Crippen LogP contribution in [0, 0.1) is 0 Å². The lowest BCUT2D eigenvalue weighted by Gasteiger charge is -2.17. The van der Waals surface area contributed by atoms with E-state index in [4.69, 9.17) is 15.2 Å². The van der Waals surface area contributed by atoms with Crippen molar-refractivity contribution in [2.45, 2.75) is 0 Å². The molecule has 1 aliphatic rings. The van der Waals surface area contributed by atoms with E-state index in [1.165, 1.54) is 0 Å². The molecule has 0 fully saturated rings. The van der Waals surface area contributed by atoms with E-state index < -0.39 is 0 Å². The molecule has 0 unspecified atom stereocenters. The van der Waals surface area contributed by atoms with Crippen LogP contribution in [0.5, 0.6) is 11.5 Å². The summed E-state index contributed by atoms with van der Waals surface area (Å²) in [6.07, 6.45) is 0.519. The number of para-hydroxylation sites is 2. The van der Waals surface area contributed by atoms with Crippen LogP contribution >= 0.6 is 0 Å². The van der Waals surface area contributed by atoms with Crippen LogP contribution in [0.15, 0.2) is 35.9 Å². The van der Waals surface area contributed by atoms with E-state index in [0.717, 1.165) is 0 Å². The maximum atomic E-state index is 10.4. The molecule has 4 nitrogen and oxygen atoms in total. The number of carbonyl (C=O) groups excluding carboxylic acids is 1. The van der Waals surface area contributed by atoms with E-state index in [9.17, 15) is 4.79 Å². The lowest BCUT2D eigenvalue weighted by Crippen LogP contribution is -2.18. The monoisotopic (exact) mass is 177 g/mol. The molecule has 4 heteroatoms. The minimum Gasteiger partial charge on any atom is -0.444 e. The lowest BCUT2D eigenvalue weighted by atomic mass is 10.3. The maximum absolute atomic E-state index is 10.4. The van der Waals surface area contributed by atoms with Crippen LogP contribution < -0.4 is 15.2 Å². The Balaban J connectivity index is 2.42. The number of aldehydes is 1. The fraction of sp³-hybridized carbons (Fsp3) is 0. The highest BCUT2D eigenvalue weighted by Crippen LogP contribution is 2.32. The average Bonchev–Trinajstić information content (AvgIpc) is 2.17. The molecule has 13 heavy (non-hydrogen) atoms. The first-order valence-corrected chi connectivity index (χ1v) is 3.71. The van der Waals surface area contributed by atoms with Crippen molar-refractivity contribution in [1.29, 1.82) is 0 Å². The number of hydrogen-bond acceptors (Lipinski definition) is 4. The summed E-state index contributed by atoms with van der Waals surface area (Å²) in [5.74, 6) is 1.02. The van der Waals surface area contributed by atoms with Gasteiger partial charge < -0.3 is 15.2 Å². The molecular formula is C9H7NO3. The molecule has 0 bridgehead atoms. The van der Waals surface area contributed by atoms with Crippen LogP contribution in [0.3, 0.4) is 0 Å². The van der Waals surface area contributed by atoms with Gasteiger partial charge in [0.25, 0.3) is 0 Å². The molecule has 0 aliphatic carbocycles. The van der Waals surface area contributed by atoms with E-state index in [-0.39, 0.29) is 11.6 Å². The Morgan fingerprint density at radius 3 is 2.38 bits per heavy atom. The van der Waals surface area contributed by atoms with Crippen molar-refractivity contribution in [1.82, 2.24) is 0 Å². The zero-order valence-electron chi connectivity index (χ0n) is 6.69. The first-order valence-electron chi connectivity index (χ1n) is 3.71. The summed E-state index contributed by atoms with van der Waals surface area (Å²) < 4.78 is 10.3. The van der Waals surface area contributed by atoms with Crippen LogP contribution in [0.2, 0.25) is 0 Å². The second kappa shape index (κ2) is 2.82. The smallest absolute Gasteiger partial charge is 0.237 e. The van der Waals surface area contributed by atoms with E-state index in [2.05, 4.69) is 0 Å². The van der Waals surface area contributed by atoms with Crippen LogP contribution in [-0.4, -0.2) is 6.29 Å². The Morgan fingerprint density at radius 2 is 1.77 bits per heavy atom. The third kappa shape index (κ3) is 1.22. The summed E-state index contributed by atoms with van der Waals surface area (Å²) in [5.41, 5.74) is 5.41. The largest absolute Gasteiger partial charge is 0.444 e. The van der Waals surface area contributed by atoms with Crippen molar-refractivity contribution in [3.8, 4) is 11.5 Å². The Labute approximate surface area is 74.6 Å². The third-order valence-electron chi connectivity index (χ3n) is 1.64. The number of ether oxygens (including phenoxy) is 2. The quantitative estimate of drug-likeness (QED) is 0.644. The van der Waals surface area contributed by atoms with Gasteiger partial charge >= 0.3 is 0 Å². The fourth-order valence-electron chi connectivity index (χ4n) is 1.04. The molecule has 2 rings (SSSR count). The summed E-state index contributed by atoms with van der Waals surface area (Å²) >= 11 is 0. The number of fused-ring (bicyclic) bond motifs is 1. The average molecular weight is 177 g/mol. The van der Waals surface area contributed by atoms with Crippen molar-refractivity contribution in [2.75, 3.05) is 0 Å². The van der Waals surface area contributed by atoms with Crippen molar-refractivity contribution in [3.05, 3.63) is 35.9 Å². The molecule has 0 amide bonds. The van der Waals surface area contributed by atoms with Crippen LogP contribution in [0.1, 0.15) is 0 Å². The second-order valence-electron chi connectivity index (χ2n) is 2.50. The van der Waals surface area contributed by atoms with E-state index in [0.29, 0.717) is 17.8 Å². The predicted molar refractivity (Wildman–Crippen MR) is 45.0 cm³/mol. The van der Waals surface area contributed by atoms with Gasteiger partial charge in [0.05, 0.1) is 0 Å². The molecule has 1 heterocycles. The van der Waals surface area contributed by atoms with Crippen LogP contribution in [0.4, 0.5) is 0 Å². The molecule has 0 spiro atoms. The summed E-state index contributed by atoms with van der Waals surface area (Å²) in [6, 6.07) is 6.99. The van der Waals surface area contributed by atoms with Crippen molar-refractivity contribution in [3.63, 3.8) is 0 Å². The third-order valence-corrected chi connectivity index (χ3v) is 1.64. The molecule has 1 aromatic rings. The molecular weight excluding hydrogens is 170 g/mol. The first-order chi connectivity index (χ1) is 6.31. The highest BCUT2D eigenvalue weighted by molar-refractivity contribution is 5.73. The number of benzene rings is 1. The lowest BCUT2D eigenvalue weighted by molar-refractivity contribution is -0.107. The molecule has 0 saturated carbocycles. The molecule has 2 N–H and O–H groups in total. The van der Waals surface area contributed by atoms with Gasteiger partial charge in [0.1, 0.15) is 0 Å². The highest BCUT2D eigenvalue weighted by atomic mass is 16.6. The van der Waals surface area contributed by atoms with Gasteiger partial charge in [-0.2, -0.15) is 0 Å². The van der Waals surface area contributed by atoms with Gasteiger partial charge in [-0.3, -0.25) is 4.79 Å². The number of carbonyl (C=O) groups is 1. The van der Waals surface area contributed by atoms with Gasteiger partial charge in [0.15, 0.2) is 17.8 Å². The van der Waals surface area contributed by atoms with E-state index >= 15 is 0 Å². The number of rotatable bonds is 1. The number of nitrogens with two attached hydrogens (primary N) is 1. The Morgan fingerprint density at radius 1 is 1.15 bits per heavy atom. The summed E-state index contributed by atoms with van der Waals surface area (Å²) in [7, 11) is 0. The second-order valence-corrected chi connectivity index (χ2v) is 2.50. The van der Waals surface area contributed by atoms with Gasteiger partial charge in [-0.25, -0.2) is 0 Å². The summed E-state index contributed by atoms with van der Waals surface area (Å²) in [4.78, 5) is 10.4. The highest BCUT2D eigenvalue weighted by Gasteiger charge is 2.17. The summed E-state index contributed by atoms with van der Waals surface area (Å²) in [6.45, 7) is 0. The van der Waals surface area contributed by atoms with Gasteiger partial charge in [0.2, 0.25) is 11.6 Å². The van der Waals surface area contributed by atoms with Crippen LogP contribution in [-0.2, 0) is 4.79 Å². The minimum absolute atomic E-state index is 0.00583. The molecule has 66 valence electrons. The fourth-order valence-corrected chi connectivity index (χ4v) is 1.04. The standard InChI is InChI=1S/C9H7NO3/c10-9-8(5-11)12-6-3-1-2-4-7(6)13-9/h1-5H,10H2. The van der Waals surface area contributed by atoms with Crippen molar-refractivity contribution >= 4 is 6.29 Å². The number of hydrogen-bond donors (Lipinski definition) is 1. The van der Waals surface area contributed by atoms with E-state index in [1.54, 1.807) is 24.3 Å². The molecule has 1 aromatic carbocycles. The summed E-state index contributed by atoms with van der Waals surface area (Å²) in [5, 5.41) is 0. The van der Waals surface area contributed by atoms with Gasteiger partial charge in [-0.1, -0.05) is 12.1 Å². The zero-order valence-corrected chi connectivity index (χ0v) is 6.69. The van der Waals surface area contributed by atoms with E-state index in [1.807, 2.05) is 0 Å². The molecule has 0 aromatic heterocycles. The number of allylic oxidation sites excluding steroid dienone is 1. The van der Waals surface area contributed by atoms with Crippen LogP contribution in [0.25, 0.3) is 0 Å². The molecule has 0 radical (unpaired) electrons. The first kappa shape index (κ1) is 7.67. The SMILES string of the molecule is NC1=C(C=O)Oc2ccccc2O1. The minimum atomic E-state index is -0.00583. The molecule has 0 saturated heterocycles. The van der Waals surface area contributed by atoms with Gasteiger partial charge in [-0.15, -0.1) is 0 Å². The topological polar surface area (TPSA) is 61.6 Å². The molecule has 0 atom stereocenters. The van der Waals surface area contributed by atoms with Crippen molar-refractivity contribution in [2.24, 2.45) is 5.73 Å². The molecule has 1 aliphatic heterocycles. The van der Waals surface area contributed by atoms with Gasteiger partial charge in [0, 0.05) is 0 Å². The van der Waals surface area contributed by atoms with Gasteiger partial charge in [-0.05, 0) is 12.1 Å². The normalized spacial score (nSPS) is 14.2. The maximum Gasteiger partial charge on any atom is 0.237 e. The Kier molecular flexibility index (Phi) is 1.66.